The number of piperidine rings is 1. The second-order valence-corrected chi connectivity index (χ2v) is 3.72. The number of rotatable bonds is 1. The zero-order chi connectivity index (χ0) is 9.26. The molecule has 1 aliphatic rings. The van der Waals surface area contributed by atoms with E-state index >= 15 is 0 Å². The molecule has 1 aromatic heterocycles. The van der Waals surface area contributed by atoms with Gasteiger partial charge in [0.15, 0.2) is 5.95 Å². The van der Waals surface area contributed by atoms with Crippen molar-refractivity contribution in [3.63, 3.8) is 0 Å². The fraction of sp³-hybridized carbons (Fsp3) is 0.667. The number of imidazole rings is 1. The van der Waals surface area contributed by atoms with Gasteiger partial charge in [-0.1, -0.05) is 6.42 Å². The van der Waals surface area contributed by atoms with Crippen LogP contribution < -0.4 is 5.73 Å². The Bertz CT molecular complexity index is 281. The lowest BCUT2D eigenvalue weighted by Crippen LogP contribution is -2.29. The molecular formula is C9H16N4. The largest absolute Gasteiger partial charge is 0.369 e. The molecule has 0 spiro atoms. The van der Waals surface area contributed by atoms with Crippen LogP contribution in [0, 0.1) is 0 Å². The number of nitrogens with two attached hydrogens (primary N) is 1. The topological polar surface area (TPSA) is 57.9 Å². The van der Waals surface area contributed by atoms with Gasteiger partial charge in [-0.2, -0.15) is 0 Å². The van der Waals surface area contributed by atoms with Crippen molar-refractivity contribution in [3.05, 3.63) is 11.9 Å². The summed E-state index contributed by atoms with van der Waals surface area (Å²) < 4.78 is 0. The third-order valence-electron chi connectivity index (χ3n) is 2.74. The molecule has 4 heteroatoms. The van der Waals surface area contributed by atoms with Crippen LogP contribution in [0.3, 0.4) is 0 Å². The first kappa shape index (κ1) is 8.56. The van der Waals surface area contributed by atoms with E-state index in [4.69, 9.17) is 5.73 Å². The van der Waals surface area contributed by atoms with E-state index in [9.17, 15) is 0 Å². The number of nitrogen functional groups attached to an aromatic ring is 1. The molecule has 72 valence electrons. The molecule has 0 unspecified atom stereocenters. The Labute approximate surface area is 78.1 Å². The van der Waals surface area contributed by atoms with E-state index in [0.717, 1.165) is 5.69 Å². The molecule has 1 atom stereocenters. The van der Waals surface area contributed by atoms with E-state index in [1.165, 1.54) is 25.8 Å². The Morgan fingerprint density at radius 1 is 1.62 bits per heavy atom. The van der Waals surface area contributed by atoms with Gasteiger partial charge in [0.05, 0.1) is 17.9 Å². The number of nitrogens with zero attached hydrogens (tertiary/aromatic N) is 2. The average Bonchev–Trinajstić information content (AvgIpc) is 2.53. The van der Waals surface area contributed by atoms with Crippen molar-refractivity contribution in [2.24, 2.45) is 0 Å². The first-order chi connectivity index (χ1) is 6.27. The summed E-state index contributed by atoms with van der Waals surface area (Å²) in [5.74, 6) is 0.522. The van der Waals surface area contributed by atoms with Gasteiger partial charge in [-0.05, 0) is 26.4 Å². The lowest BCUT2D eigenvalue weighted by Gasteiger charge is -2.31. The van der Waals surface area contributed by atoms with E-state index in [0.29, 0.717) is 12.0 Å². The van der Waals surface area contributed by atoms with Crippen molar-refractivity contribution in [2.45, 2.75) is 25.3 Å². The van der Waals surface area contributed by atoms with Gasteiger partial charge in [0.25, 0.3) is 0 Å². The number of anilines is 1. The van der Waals surface area contributed by atoms with Crippen molar-refractivity contribution in [1.82, 2.24) is 14.9 Å². The minimum Gasteiger partial charge on any atom is -0.369 e. The lowest BCUT2D eigenvalue weighted by molar-refractivity contribution is 0.184. The number of hydrogen-bond donors (Lipinski definition) is 2. The van der Waals surface area contributed by atoms with Crippen molar-refractivity contribution in [3.8, 4) is 0 Å². The first-order valence-corrected chi connectivity index (χ1v) is 4.78. The Morgan fingerprint density at radius 3 is 3.08 bits per heavy atom. The summed E-state index contributed by atoms with van der Waals surface area (Å²) in [7, 11) is 2.15. The quantitative estimate of drug-likeness (QED) is 0.681. The smallest absolute Gasteiger partial charge is 0.197 e. The zero-order valence-corrected chi connectivity index (χ0v) is 7.95. The van der Waals surface area contributed by atoms with Crippen LogP contribution in [0.25, 0.3) is 0 Å². The minimum absolute atomic E-state index is 0.485. The molecule has 0 amide bonds. The van der Waals surface area contributed by atoms with Gasteiger partial charge in [0, 0.05) is 0 Å². The highest BCUT2D eigenvalue weighted by Crippen LogP contribution is 2.28. The Balaban J connectivity index is 2.14. The zero-order valence-electron chi connectivity index (χ0n) is 7.95. The SMILES string of the molecule is CN1CCCC[C@H]1c1cnc(N)[nH]1. The Morgan fingerprint density at radius 2 is 2.46 bits per heavy atom. The summed E-state index contributed by atoms with van der Waals surface area (Å²) in [4.78, 5) is 9.48. The summed E-state index contributed by atoms with van der Waals surface area (Å²) in [6.45, 7) is 1.17. The maximum absolute atomic E-state index is 5.55. The van der Waals surface area contributed by atoms with Crippen molar-refractivity contribution in [1.29, 1.82) is 0 Å². The van der Waals surface area contributed by atoms with Crippen LogP contribution in [0.5, 0.6) is 0 Å². The molecule has 0 bridgehead atoms. The van der Waals surface area contributed by atoms with Gasteiger partial charge in [-0.3, -0.25) is 4.90 Å². The monoisotopic (exact) mass is 180 g/mol. The minimum atomic E-state index is 0.485. The molecule has 13 heavy (non-hydrogen) atoms. The van der Waals surface area contributed by atoms with Crippen LogP contribution in [0.15, 0.2) is 6.20 Å². The van der Waals surface area contributed by atoms with Crippen molar-refractivity contribution >= 4 is 5.95 Å². The summed E-state index contributed by atoms with van der Waals surface area (Å²) in [6, 6.07) is 0.485. The molecule has 0 aliphatic carbocycles. The van der Waals surface area contributed by atoms with Crippen LogP contribution in [-0.4, -0.2) is 28.5 Å². The van der Waals surface area contributed by atoms with Gasteiger partial charge >= 0.3 is 0 Å². The molecule has 1 fully saturated rings. The standard InChI is InChI=1S/C9H16N4/c1-13-5-3-2-4-8(13)7-6-11-9(10)12-7/h6,8H,2-5H2,1H3,(H3,10,11,12)/t8-/m0/s1. The molecule has 3 N–H and O–H groups in total. The van der Waals surface area contributed by atoms with Crippen LogP contribution in [0.2, 0.25) is 0 Å². The van der Waals surface area contributed by atoms with Gasteiger partial charge in [-0.15, -0.1) is 0 Å². The maximum atomic E-state index is 5.55. The normalized spacial score (nSPS) is 24.8. The molecule has 1 aliphatic heterocycles. The Kier molecular flexibility index (Phi) is 2.22. The van der Waals surface area contributed by atoms with Crippen LogP contribution in [0.1, 0.15) is 31.0 Å². The molecular weight excluding hydrogens is 164 g/mol. The number of likely N-dealkylation sites (tertiary alicyclic amines) is 1. The fourth-order valence-corrected chi connectivity index (χ4v) is 1.99. The first-order valence-electron chi connectivity index (χ1n) is 4.78. The van der Waals surface area contributed by atoms with Crippen LogP contribution in [0.4, 0.5) is 5.95 Å². The van der Waals surface area contributed by atoms with Crippen molar-refractivity contribution < 1.29 is 0 Å². The highest BCUT2D eigenvalue weighted by Gasteiger charge is 2.21. The van der Waals surface area contributed by atoms with E-state index in [2.05, 4.69) is 21.9 Å². The number of aromatic nitrogens is 2. The number of hydrogen-bond acceptors (Lipinski definition) is 3. The maximum Gasteiger partial charge on any atom is 0.197 e. The fourth-order valence-electron chi connectivity index (χ4n) is 1.99. The molecule has 0 saturated carbocycles. The van der Waals surface area contributed by atoms with E-state index in [1.807, 2.05) is 6.20 Å². The summed E-state index contributed by atoms with van der Waals surface area (Å²) in [5.41, 5.74) is 6.70. The van der Waals surface area contributed by atoms with Crippen molar-refractivity contribution in [2.75, 3.05) is 19.3 Å². The summed E-state index contributed by atoms with van der Waals surface area (Å²) in [5, 5.41) is 0. The lowest BCUT2D eigenvalue weighted by atomic mass is 10.0. The highest BCUT2D eigenvalue weighted by atomic mass is 15.2. The predicted molar refractivity (Wildman–Crippen MR) is 52.2 cm³/mol. The molecule has 2 rings (SSSR count). The molecule has 4 nitrogen and oxygen atoms in total. The third kappa shape index (κ3) is 1.67. The third-order valence-corrected chi connectivity index (χ3v) is 2.74. The molecule has 0 aromatic carbocycles. The highest BCUT2D eigenvalue weighted by molar-refractivity contribution is 5.20. The summed E-state index contributed by atoms with van der Waals surface area (Å²) >= 11 is 0. The van der Waals surface area contributed by atoms with Gasteiger partial charge in [0.1, 0.15) is 0 Å². The van der Waals surface area contributed by atoms with E-state index < -0.39 is 0 Å². The molecule has 2 heterocycles. The predicted octanol–water partition coefficient (Wildman–Crippen LogP) is 1.15. The number of nitrogens with one attached hydrogen (secondary N) is 1. The second-order valence-electron chi connectivity index (χ2n) is 3.72. The van der Waals surface area contributed by atoms with E-state index in [-0.39, 0.29) is 0 Å². The molecule has 1 saturated heterocycles. The van der Waals surface area contributed by atoms with E-state index in [1.54, 1.807) is 0 Å². The van der Waals surface area contributed by atoms with Crippen LogP contribution in [-0.2, 0) is 0 Å². The average molecular weight is 180 g/mol. The molecule has 1 aromatic rings. The molecule has 0 radical (unpaired) electrons. The number of aromatic amines is 1. The summed E-state index contributed by atoms with van der Waals surface area (Å²) in [6.07, 6.45) is 5.66. The van der Waals surface area contributed by atoms with Gasteiger partial charge in [-0.25, -0.2) is 4.98 Å². The van der Waals surface area contributed by atoms with Crippen LogP contribution >= 0.6 is 0 Å². The number of H-pyrrole nitrogens is 1. The van der Waals surface area contributed by atoms with Gasteiger partial charge in [0.2, 0.25) is 0 Å². The Hall–Kier alpha value is -1.03. The van der Waals surface area contributed by atoms with Gasteiger partial charge < -0.3 is 10.7 Å². The second kappa shape index (κ2) is 3.38.